The second-order valence-corrected chi connectivity index (χ2v) is 10.8. The molecule has 0 spiro atoms. The van der Waals surface area contributed by atoms with Crippen molar-refractivity contribution < 1.29 is 31.6 Å². The molecule has 12 heteroatoms. The van der Waals surface area contributed by atoms with Crippen molar-refractivity contribution in [2.24, 2.45) is 11.1 Å². The Morgan fingerprint density at radius 1 is 1.02 bits per heavy atom. The number of carbonyl (C=O) groups is 1. The number of oxime groups is 1. The molecular formula is C31H30F5N5O2. The molecule has 0 saturated carbocycles. The first-order valence-electron chi connectivity index (χ1n) is 13.9. The standard InChI is InChI=1S/C31H30F5N5O2/c1-17-10-11-25(43-40-27(17)21-6-4-7-22(16-21)31(34,35)36)26-18(2)37-19(3)38-28(26)20-12-14-41(15-13-20)30(42)39-29-23(32)8-5-9-24(29)33/h4-9,11,16-17,20H,10,12-15H2,1-3H3,(H,39,42). The number of hydrogen-bond acceptors (Lipinski definition) is 5. The summed E-state index contributed by atoms with van der Waals surface area (Å²) in [5.41, 5.74) is 1.52. The van der Waals surface area contributed by atoms with Crippen molar-refractivity contribution in [3.05, 3.63) is 94.1 Å². The molecule has 3 heterocycles. The highest BCUT2D eigenvalue weighted by atomic mass is 19.4. The minimum atomic E-state index is -4.48. The summed E-state index contributed by atoms with van der Waals surface area (Å²) in [7, 11) is 0. The summed E-state index contributed by atoms with van der Waals surface area (Å²) in [5.74, 6) is -1.05. The molecule has 7 nitrogen and oxygen atoms in total. The number of anilines is 1. The van der Waals surface area contributed by atoms with Gasteiger partial charge in [-0.25, -0.2) is 23.5 Å². The largest absolute Gasteiger partial charge is 0.416 e. The Morgan fingerprint density at radius 3 is 2.37 bits per heavy atom. The van der Waals surface area contributed by atoms with Crippen LogP contribution >= 0.6 is 0 Å². The number of piperidine rings is 1. The van der Waals surface area contributed by atoms with E-state index in [2.05, 4.69) is 15.5 Å². The van der Waals surface area contributed by atoms with E-state index >= 15 is 0 Å². The highest BCUT2D eigenvalue weighted by molar-refractivity contribution is 6.02. The number of aromatic nitrogens is 2. The Bertz CT molecular complexity index is 1580. The van der Waals surface area contributed by atoms with Gasteiger partial charge in [-0.2, -0.15) is 13.2 Å². The zero-order chi connectivity index (χ0) is 30.9. The zero-order valence-electron chi connectivity index (χ0n) is 23.8. The molecule has 2 aromatic carbocycles. The highest BCUT2D eigenvalue weighted by Crippen LogP contribution is 2.36. The molecule has 0 bridgehead atoms. The third-order valence-electron chi connectivity index (χ3n) is 7.69. The van der Waals surface area contributed by atoms with Crippen molar-refractivity contribution >= 4 is 23.2 Å². The third-order valence-corrected chi connectivity index (χ3v) is 7.69. The molecule has 1 atom stereocenters. The fraction of sp³-hybridized carbons (Fsp3) is 0.355. The molecule has 1 fully saturated rings. The van der Waals surface area contributed by atoms with Crippen LogP contribution in [0.15, 0.2) is 53.7 Å². The number of alkyl halides is 3. The average molecular weight is 600 g/mol. The minimum absolute atomic E-state index is 0.0817. The SMILES string of the molecule is Cc1nc(C)c(C2=CCC(C)C(c3cccc(C(F)(F)F)c3)=NO2)c(C2CCN(C(=O)Nc3c(F)cccc3F)CC2)n1. The van der Waals surface area contributed by atoms with E-state index in [-0.39, 0.29) is 11.8 Å². The van der Waals surface area contributed by atoms with Crippen LogP contribution in [0, 0.1) is 31.4 Å². The number of nitrogens with one attached hydrogen (secondary N) is 1. The number of urea groups is 1. The summed E-state index contributed by atoms with van der Waals surface area (Å²) in [6.07, 6.45) is -1.12. The van der Waals surface area contributed by atoms with E-state index in [1.54, 1.807) is 13.0 Å². The lowest BCUT2D eigenvalue weighted by Crippen LogP contribution is -2.41. The number of nitrogens with zero attached hydrogens (tertiary/aromatic N) is 4. The second-order valence-electron chi connectivity index (χ2n) is 10.8. The summed E-state index contributed by atoms with van der Waals surface area (Å²) in [6.45, 7) is 6.12. The van der Waals surface area contributed by atoms with Gasteiger partial charge in [0.25, 0.3) is 0 Å². The van der Waals surface area contributed by atoms with Crippen molar-refractivity contribution in [2.45, 2.75) is 52.1 Å². The second kappa shape index (κ2) is 12.1. The van der Waals surface area contributed by atoms with Crippen molar-refractivity contribution in [3.63, 3.8) is 0 Å². The lowest BCUT2D eigenvalue weighted by Gasteiger charge is -2.32. The number of hydrogen-bond donors (Lipinski definition) is 1. The number of aryl methyl sites for hydroxylation is 2. The third kappa shape index (κ3) is 6.52. The lowest BCUT2D eigenvalue weighted by atomic mass is 9.88. The predicted octanol–water partition coefficient (Wildman–Crippen LogP) is 7.60. The van der Waals surface area contributed by atoms with E-state index in [1.807, 2.05) is 19.9 Å². The molecule has 0 aliphatic carbocycles. The summed E-state index contributed by atoms with van der Waals surface area (Å²) >= 11 is 0. The number of para-hydroxylation sites is 1. The van der Waals surface area contributed by atoms with E-state index in [1.165, 1.54) is 17.0 Å². The average Bonchev–Trinajstić information content (AvgIpc) is 3.15. The quantitative estimate of drug-likeness (QED) is 0.313. The van der Waals surface area contributed by atoms with Gasteiger partial charge < -0.3 is 15.1 Å². The minimum Gasteiger partial charge on any atom is -0.356 e. The predicted molar refractivity (Wildman–Crippen MR) is 151 cm³/mol. The van der Waals surface area contributed by atoms with Crippen molar-refractivity contribution in [1.82, 2.24) is 14.9 Å². The molecule has 226 valence electrons. The maximum absolute atomic E-state index is 14.0. The molecule has 0 radical (unpaired) electrons. The first-order valence-corrected chi connectivity index (χ1v) is 13.9. The zero-order valence-corrected chi connectivity index (χ0v) is 23.8. The molecule has 1 aromatic heterocycles. The van der Waals surface area contributed by atoms with Crippen LogP contribution in [-0.2, 0) is 11.0 Å². The normalized spacial score (nSPS) is 18.0. The number of amides is 2. The van der Waals surface area contributed by atoms with Crippen molar-refractivity contribution in [3.8, 4) is 0 Å². The summed E-state index contributed by atoms with van der Waals surface area (Å²) in [4.78, 5) is 29.4. The van der Waals surface area contributed by atoms with E-state index in [9.17, 15) is 26.7 Å². The van der Waals surface area contributed by atoms with Crippen LogP contribution < -0.4 is 5.32 Å². The summed E-state index contributed by atoms with van der Waals surface area (Å²) < 4.78 is 68.1. The molecular weight excluding hydrogens is 569 g/mol. The van der Waals surface area contributed by atoms with Crippen molar-refractivity contribution in [2.75, 3.05) is 18.4 Å². The molecule has 2 amide bonds. The maximum atomic E-state index is 14.0. The smallest absolute Gasteiger partial charge is 0.356 e. The Hall–Kier alpha value is -4.35. The Labute approximate surface area is 245 Å². The first-order chi connectivity index (χ1) is 20.4. The molecule has 3 aromatic rings. The van der Waals surface area contributed by atoms with Gasteiger partial charge in [-0.1, -0.05) is 30.3 Å². The number of benzene rings is 2. The van der Waals surface area contributed by atoms with Gasteiger partial charge in [-0.3, -0.25) is 0 Å². The van der Waals surface area contributed by atoms with Crippen LogP contribution in [0.2, 0.25) is 0 Å². The maximum Gasteiger partial charge on any atom is 0.416 e. The van der Waals surface area contributed by atoms with Gasteiger partial charge in [0.05, 0.1) is 28.2 Å². The van der Waals surface area contributed by atoms with E-state index in [0.717, 1.165) is 30.0 Å². The summed E-state index contributed by atoms with van der Waals surface area (Å²) in [5, 5.41) is 6.63. The molecule has 2 aliphatic heterocycles. The topological polar surface area (TPSA) is 79.7 Å². The molecule has 1 N–H and O–H groups in total. The van der Waals surface area contributed by atoms with E-state index in [4.69, 9.17) is 9.82 Å². The van der Waals surface area contributed by atoms with Crippen LogP contribution in [0.1, 0.15) is 66.0 Å². The summed E-state index contributed by atoms with van der Waals surface area (Å²) in [6, 6.07) is 7.78. The molecule has 5 rings (SSSR count). The van der Waals surface area contributed by atoms with Crippen molar-refractivity contribution in [1.29, 1.82) is 0 Å². The monoisotopic (exact) mass is 599 g/mol. The van der Waals surface area contributed by atoms with Crippen LogP contribution in [0.5, 0.6) is 0 Å². The van der Waals surface area contributed by atoms with Gasteiger partial charge in [0.15, 0.2) is 5.76 Å². The fourth-order valence-corrected chi connectivity index (χ4v) is 5.46. The Kier molecular flexibility index (Phi) is 8.48. The number of carbonyl (C=O) groups excluding carboxylic acids is 1. The van der Waals surface area contributed by atoms with Crippen LogP contribution in [0.4, 0.5) is 32.4 Å². The molecule has 2 aliphatic rings. The van der Waals surface area contributed by atoms with Gasteiger partial charge in [-0.15, -0.1) is 0 Å². The fourth-order valence-electron chi connectivity index (χ4n) is 5.46. The Balaban J connectivity index is 1.36. The van der Waals surface area contributed by atoms with Gasteiger partial charge in [0, 0.05) is 30.5 Å². The van der Waals surface area contributed by atoms with Gasteiger partial charge >= 0.3 is 12.2 Å². The number of rotatable bonds is 4. The van der Waals surface area contributed by atoms with Crippen LogP contribution in [0.3, 0.4) is 0 Å². The molecule has 1 unspecified atom stereocenters. The van der Waals surface area contributed by atoms with Gasteiger partial charge in [0.1, 0.15) is 23.1 Å². The van der Waals surface area contributed by atoms with E-state index < -0.39 is 35.1 Å². The van der Waals surface area contributed by atoms with Crippen LogP contribution in [0.25, 0.3) is 5.76 Å². The molecule has 43 heavy (non-hydrogen) atoms. The van der Waals surface area contributed by atoms with E-state index in [0.29, 0.717) is 66.5 Å². The highest BCUT2D eigenvalue weighted by Gasteiger charge is 2.33. The van der Waals surface area contributed by atoms with Gasteiger partial charge in [0.2, 0.25) is 0 Å². The first kappa shape index (κ1) is 30.1. The number of likely N-dealkylation sites (tertiary alicyclic amines) is 1. The number of allylic oxidation sites excluding steroid dienone is 1. The van der Waals surface area contributed by atoms with Crippen LogP contribution in [-0.4, -0.2) is 39.7 Å². The lowest BCUT2D eigenvalue weighted by molar-refractivity contribution is -0.137. The number of halogens is 5. The molecule has 1 saturated heterocycles. The van der Waals surface area contributed by atoms with Gasteiger partial charge in [-0.05, 0) is 63.5 Å². The Morgan fingerprint density at radius 2 is 1.70 bits per heavy atom.